The Morgan fingerprint density at radius 2 is 2.00 bits per heavy atom. The van der Waals surface area contributed by atoms with E-state index < -0.39 is 0 Å². The van der Waals surface area contributed by atoms with Gasteiger partial charge in [0, 0.05) is 12.5 Å². The average Bonchev–Trinajstić information content (AvgIpc) is 2.87. The van der Waals surface area contributed by atoms with Crippen molar-refractivity contribution in [1.82, 2.24) is 14.8 Å². The van der Waals surface area contributed by atoms with Crippen molar-refractivity contribution in [2.24, 2.45) is 18.7 Å². The van der Waals surface area contributed by atoms with Crippen molar-refractivity contribution in [2.75, 3.05) is 0 Å². The van der Waals surface area contributed by atoms with Gasteiger partial charge in [-0.15, -0.1) is 0 Å². The summed E-state index contributed by atoms with van der Waals surface area (Å²) in [7, 11) is 1.93. The Kier molecular flexibility index (Phi) is 2.34. The SMILES string of the molecule is Cn1nc(C(C)(C)C)nc1C(N)C1CC1. The molecule has 1 heterocycles. The van der Waals surface area contributed by atoms with Gasteiger partial charge in [0.05, 0.1) is 6.04 Å². The van der Waals surface area contributed by atoms with Gasteiger partial charge in [-0.3, -0.25) is 4.68 Å². The zero-order valence-electron chi connectivity index (χ0n) is 9.99. The largest absolute Gasteiger partial charge is 0.321 e. The summed E-state index contributed by atoms with van der Waals surface area (Å²) in [4.78, 5) is 4.57. The second-order valence-electron chi connectivity index (χ2n) is 5.53. The number of aromatic nitrogens is 3. The molecule has 0 radical (unpaired) electrons. The highest BCUT2D eigenvalue weighted by molar-refractivity contribution is 5.08. The normalized spacial score (nSPS) is 19.3. The Bertz CT molecular complexity index is 357. The summed E-state index contributed by atoms with van der Waals surface area (Å²) in [6, 6.07) is 0.0681. The van der Waals surface area contributed by atoms with Crippen LogP contribution in [0.25, 0.3) is 0 Å². The minimum Gasteiger partial charge on any atom is -0.321 e. The summed E-state index contributed by atoms with van der Waals surface area (Å²) < 4.78 is 1.84. The van der Waals surface area contributed by atoms with Gasteiger partial charge in [0.1, 0.15) is 5.82 Å². The van der Waals surface area contributed by atoms with Crippen molar-refractivity contribution < 1.29 is 0 Å². The number of nitrogens with zero attached hydrogens (tertiary/aromatic N) is 3. The monoisotopic (exact) mass is 208 g/mol. The van der Waals surface area contributed by atoms with Crippen LogP contribution in [0.2, 0.25) is 0 Å². The summed E-state index contributed by atoms with van der Waals surface area (Å²) in [6.07, 6.45) is 2.47. The summed E-state index contributed by atoms with van der Waals surface area (Å²) >= 11 is 0. The van der Waals surface area contributed by atoms with E-state index in [1.54, 1.807) is 0 Å². The summed E-state index contributed by atoms with van der Waals surface area (Å²) in [5.41, 5.74) is 6.13. The first kappa shape index (κ1) is 10.6. The topological polar surface area (TPSA) is 56.7 Å². The quantitative estimate of drug-likeness (QED) is 0.801. The molecule has 2 rings (SSSR count). The maximum atomic E-state index is 6.13. The molecule has 1 fully saturated rings. The van der Waals surface area contributed by atoms with Gasteiger partial charge in [-0.2, -0.15) is 5.10 Å². The Morgan fingerprint density at radius 3 is 2.40 bits per heavy atom. The molecule has 1 unspecified atom stereocenters. The zero-order chi connectivity index (χ0) is 11.2. The van der Waals surface area contributed by atoms with Gasteiger partial charge in [-0.1, -0.05) is 20.8 Å². The highest BCUT2D eigenvalue weighted by Crippen LogP contribution is 2.39. The number of hydrogen-bond acceptors (Lipinski definition) is 3. The lowest BCUT2D eigenvalue weighted by molar-refractivity contribution is 0.537. The van der Waals surface area contributed by atoms with Gasteiger partial charge in [-0.25, -0.2) is 4.98 Å². The van der Waals surface area contributed by atoms with Crippen molar-refractivity contribution in [3.05, 3.63) is 11.6 Å². The summed E-state index contributed by atoms with van der Waals surface area (Å²) in [5, 5.41) is 4.44. The van der Waals surface area contributed by atoms with Gasteiger partial charge < -0.3 is 5.73 Å². The molecular formula is C11H20N4. The fraction of sp³-hybridized carbons (Fsp3) is 0.818. The van der Waals surface area contributed by atoms with E-state index in [2.05, 4.69) is 30.9 Å². The molecule has 0 spiro atoms. The third-order valence-corrected chi connectivity index (χ3v) is 2.90. The second kappa shape index (κ2) is 3.30. The summed E-state index contributed by atoms with van der Waals surface area (Å²) in [6.45, 7) is 6.36. The van der Waals surface area contributed by atoms with Gasteiger partial charge in [-0.05, 0) is 18.8 Å². The third-order valence-electron chi connectivity index (χ3n) is 2.90. The molecule has 1 aromatic heterocycles. The van der Waals surface area contributed by atoms with Crippen molar-refractivity contribution in [2.45, 2.75) is 45.1 Å². The van der Waals surface area contributed by atoms with Crippen LogP contribution in [-0.4, -0.2) is 14.8 Å². The van der Waals surface area contributed by atoms with Gasteiger partial charge in [0.15, 0.2) is 5.82 Å². The standard InChI is InChI=1S/C11H20N4/c1-11(2,3)10-13-9(15(4)14-10)8(12)7-5-6-7/h7-8H,5-6,12H2,1-4H3. The van der Waals surface area contributed by atoms with Crippen molar-refractivity contribution in [3.8, 4) is 0 Å². The number of nitrogens with two attached hydrogens (primary N) is 1. The minimum atomic E-state index is -0.000713. The maximum absolute atomic E-state index is 6.13. The zero-order valence-corrected chi connectivity index (χ0v) is 9.99. The van der Waals surface area contributed by atoms with Crippen LogP contribution in [-0.2, 0) is 12.5 Å². The van der Waals surface area contributed by atoms with Gasteiger partial charge >= 0.3 is 0 Å². The molecule has 4 nitrogen and oxygen atoms in total. The van der Waals surface area contributed by atoms with Crippen LogP contribution >= 0.6 is 0 Å². The number of aryl methyl sites for hydroxylation is 1. The van der Waals surface area contributed by atoms with Crippen LogP contribution in [0.4, 0.5) is 0 Å². The van der Waals surface area contributed by atoms with Gasteiger partial charge in [0.2, 0.25) is 0 Å². The molecular weight excluding hydrogens is 188 g/mol. The van der Waals surface area contributed by atoms with Crippen molar-refractivity contribution >= 4 is 0 Å². The van der Waals surface area contributed by atoms with Crippen molar-refractivity contribution in [3.63, 3.8) is 0 Å². The number of hydrogen-bond donors (Lipinski definition) is 1. The average molecular weight is 208 g/mol. The van der Waals surface area contributed by atoms with Crippen LogP contribution in [0.15, 0.2) is 0 Å². The molecule has 1 saturated carbocycles. The lowest BCUT2D eigenvalue weighted by Gasteiger charge is -2.12. The molecule has 1 aromatic rings. The molecule has 0 bridgehead atoms. The number of rotatable bonds is 2. The van der Waals surface area contributed by atoms with E-state index in [0.717, 1.165) is 11.6 Å². The molecule has 1 aliphatic rings. The Labute approximate surface area is 90.9 Å². The smallest absolute Gasteiger partial charge is 0.156 e. The molecule has 0 amide bonds. The van der Waals surface area contributed by atoms with E-state index in [9.17, 15) is 0 Å². The highest BCUT2D eigenvalue weighted by atomic mass is 15.3. The Hall–Kier alpha value is -0.900. The molecule has 0 aliphatic heterocycles. The van der Waals surface area contributed by atoms with E-state index in [0.29, 0.717) is 5.92 Å². The predicted octanol–water partition coefficient (Wildman–Crippen LogP) is 1.52. The van der Waals surface area contributed by atoms with E-state index in [4.69, 9.17) is 5.73 Å². The summed E-state index contributed by atoms with van der Waals surface area (Å²) in [5.74, 6) is 2.44. The third kappa shape index (κ3) is 2.04. The lowest BCUT2D eigenvalue weighted by Crippen LogP contribution is -2.17. The molecule has 1 atom stereocenters. The predicted molar refractivity (Wildman–Crippen MR) is 59.4 cm³/mol. The molecule has 84 valence electrons. The first-order valence-electron chi connectivity index (χ1n) is 5.56. The molecule has 0 saturated heterocycles. The fourth-order valence-corrected chi connectivity index (χ4v) is 1.67. The Morgan fingerprint density at radius 1 is 1.40 bits per heavy atom. The fourth-order valence-electron chi connectivity index (χ4n) is 1.67. The molecule has 4 heteroatoms. The first-order chi connectivity index (χ1) is 6.89. The van der Waals surface area contributed by atoms with Crippen LogP contribution in [0.3, 0.4) is 0 Å². The lowest BCUT2D eigenvalue weighted by atomic mass is 9.96. The van der Waals surface area contributed by atoms with E-state index >= 15 is 0 Å². The van der Waals surface area contributed by atoms with E-state index in [1.165, 1.54) is 12.8 Å². The van der Waals surface area contributed by atoms with Crippen LogP contribution in [0.1, 0.15) is 51.3 Å². The van der Waals surface area contributed by atoms with E-state index in [1.807, 2.05) is 11.7 Å². The maximum Gasteiger partial charge on any atom is 0.156 e. The van der Waals surface area contributed by atoms with Crippen molar-refractivity contribution in [1.29, 1.82) is 0 Å². The second-order valence-corrected chi connectivity index (χ2v) is 5.53. The van der Waals surface area contributed by atoms with Gasteiger partial charge in [0.25, 0.3) is 0 Å². The Balaban J connectivity index is 2.28. The van der Waals surface area contributed by atoms with Crippen LogP contribution < -0.4 is 5.73 Å². The first-order valence-corrected chi connectivity index (χ1v) is 5.56. The molecule has 0 aromatic carbocycles. The van der Waals surface area contributed by atoms with Crippen LogP contribution in [0.5, 0.6) is 0 Å². The molecule has 15 heavy (non-hydrogen) atoms. The minimum absolute atomic E-state index is 0.000713. The molecule has 2 N–H and O–H groups in total. The van der Waals surface area contributed by atoms with E-state index in [-0.39, 0.29) is 11.5 Å². The van der Waals surface area contributed by atoms with Crippen LogP contribution in [0, 0.1) is 5.92 Å². The highest BCUT2D eigenvalue weighted by Gasteiger charge is 2.33. The molecule has 1 aliphatic carbocycles.